The first-order valence-corrected chi connectivity index (χ1v) is 7.55. The number of rotatable bonds is 2. The zero-order valence-electron chi connectivity index (χ0n) is 10.5. The molecule has 106 valence electrons. The molecule has 0 bridgehead atoms. The number of carbonyl (C=O) groups is 1. The average molecular weight is 310 g/mol. The maximum atomic E-state index is 13.5. The Hall–Kier alpha value is -1.34. The van der Waals surface area contributed by atoms with Gasteiger partial charge in [0.15, 0.2) is 0 Å². The fourth-order valence-corrected chi connectivity index (χ4v) is 2.42. The smallest absolute Gasteiger partial charge is 0.412 e. The molecule has 0 fully saturated rings. The molecule has 1 rings (SSSR count). The third kappa shape index (κ3) is 4.68. The molecule has 1 aromatic rings. The van der Waals surface area contributed by atoms with Gasteiger partial charge in [-0.1, -0.05) is 6.07 Å². The Morgan fingerprint density at radius 2 is 1.95 bits per heavy atom. The van der Waals surface area contributed by atoms with Gasteiger partial charge in [-0.3, -0.25) is 5.32 Å². The number of benzene rings is 1. The Labute approximate surface area is 115 Å². The minimum atomic E-state index is -4.33. The standard InChI is InChI=1S/C11H13ClFNO4S/c1-11(2,3)18-10(15)14-8-6-4-5-7(13)9(8)19(12,16)17/h4-6H,1-3H3,(H,14,15). The van der Waals surface area contributed by atoms with E-state index in [2.05, 4.69) is 5.32 Å². The van der Waals surface area contributed by atoms with Crippen molar-refractivity contribution < 1.29 is 22.3 Å². The minimum Gasteiger partial charge on any atom is -0.444 e. The Morgan fingerprint density at radius 3 is 2.42 bits per heavy atom. The van der Waals surface area contributed by atoms with Crippen molar-refractivity contribution in [1.82, 2.24) is 0 Å². The maximum absolute atomic E-state index is 13.5. The maximum Gasteiger partial charge on any atom is 0.412 e. The normalized spacial score (nSPS) is 12.1. The number of nitrogens with one attached hydrogen (secondary N) is 1. The molecule has 0 spiro atoms. The predicted octanol–water partition coefficient (Wildman–Crippen LogP) is 3.10. The zero-order valence-corrected chi connectivity index (χ0v) is 12.1. The average Bonchev–Trinajstić information content (AvgIpc) is 2.11. The van der Waals surface area contributed by atoms with E-state index in [1.54, 1.807) is 20.8 Å². The zero-order chi connectivity index (χ0) is 14.8. The molecule has 0 aromatic heterocycles. The number of amides is 1. The van der Waals surface area contributed by atoms with Crippen LogP contribution in [0.4, 0.5) is 14.9 Å². The van der Waals surface area contributed by atoms with E-state index in [0.717, 1.165) is 6.07 Å². The minimum absolute atomic E-state index is 0.274. The third-order valence-electron chi connectivity index (χ3n) is 1.85. The van der Waals surface area contributed by atoms with Crippen molar-refractivity contribution >= 4 is 31.5 Å². The lowest BCUT2D eigenvalue weighted by molar-refractivity contribution is 0.0635. The Kier molecular flexibility index (Phi) is 4.42. The van der Waals surface area contributed by atoms with Gasteiger partial charge in [0, 0.05) is 10.7 Å². The van der Waals surface area contributed by atoms with E-state index in [0.29, 0.717) is 0 Å². The van der Waals surface area contributed by atoms with E-state index in [9.17, 15) is 17.6 Å². The Morgan fingerprint density at radius 1 is 1.37 bits per heavy atom. The summed E-state index contributed by atoms with van der Waals surface area (Å²) in [7, 11) is 0.799. The van der Waals surface area contributed by atoms with Crippen LogP contribution in [0.2, 0.25) is 0 Å². The van der Waals surface area contributed by atoms with Crippen LogP contribution < -0.4 is 5.32 Å². The molecule has 1 amide bonds. The van der Waals surface area contributed by atoms with Gasteiger partial charge in [-0.25, -0.2) is 17.6 Å². The van der Waals surface area contributed by atoms with Gasteiger partial charge in [-0.15, -0.1) is 0 Å². The van der Waals surface area contributed by atoms with Crippen LogP contribution in [0.15, 0.2) is 23.1 Å². The quantitative estimate of drug-likeness (QED) is 0.852. The van der Waals surface area contributed by atoms with Crippen LogP contribution in [0.3, 0.4) is 0 Å². The topological polar surface area (TPSA) is 72.5 Å². The molecule has 0 heterocycles. The molecule has 19 heavy (non-hydrogen) atoms. The number of carbonyl (C=O) groups excluding carboxylic acids is 1. The van der Waals surface area contributed by atoms with Gasteiger partial charge in [-0.05, 0) is 32.9 Å². The molecule has 8 heteroatoms. The highest BCUT2D eigenvalue weighted by Gasteiger charge is 2.24. The summed E-state index contributed by atoms with van der Waals surface area (Å²) < 4.78 is 41.0. The summed E-state index contributed by atoms with van der Waals surface area (Å²) in [5, 5.41) is 2.15. The largest absolute Gasteiger partial charge is 0.444 e. The van der Waals surface area contributed by atoms with Crippen LogP contribution >= 0.6 is 10.7 Å². The fourth-order valence-electron chi connectivity index (χ4n) is 1.27. The number of halogens is 2. The van der Waals surface area contributed by atoms with E-state index in [1.165, 1.54) is 12.1 Å². The molecule has 0 saturated carbocycles. The fraction of sp³-hybridized carbons (Fsp3) is 0.364. The Bertz CT molecular complexity index is 595. The highest BCUT2D eigenvalue weighted by molar-refractivity contribution is 8.13. The molecule has 0 aliphatic heterocycles. The van der Waals surface area contributed by atoms with Crippen molar-refractivity contribution in [2.75, 3.05) is 5.32 Å². The molecule has 0 atom stereocenters. The van der Waals surface area contributed by atoms with Crippen LogP contribution in [0.25, 0.3) is 0 Å². The summed E-state index contributed by atoms with van der Waals surface area (Å²) in [6.07, 6.45) is -0.903. The summed E-state index contributed by atoms with van der Waals surface area (Å²) >= 11 is 0. The van der Waals surface area contributed by atoms with E-state index in [4.69, 9.17) is 15.4 Å². The first kappa shape index (κ1) is 15.7. The van der Waals surface area contributed by atoms with Crippen LogP contribution in [0, 0.1) is 5.82 Å². The first-order valence-electron chi connectivity index (χ1n) is 5.24. The monoisotopic (exact) mass is 309 g/mol. The number of hydrogen-bond acceptors (Lipinski definition) is 4. The summed E-state index contributed by atoms with van der Waals surface area (Å²) in [5.74, 6) is -1.05. The molecule has 0 unspecified atom stereocenters. The van der Waals surface area contributed by atoms with Crippen LogP contribution in [-0.2, 0) is 13.8 Å². The molecule has 0 aliphatic rings. The van der Waals surface area contributed by atoms with E-state index < -0.39 is 31.5 Å². The predicted molar refractivity (Wildman–Crippen MR) is 69.3 cm³/mol. The van der Waals surface area contributed by atoms with Crippen LogP contribution in [0.5, 0.6) is 0 Å². The summed E-state index contributed by atoms with van der Waals surface area (Å²) in [6, 6.07) is 3.38. The lowest BCUT2D eigenvalue weighted by atomic mass is 10.2. The van der Waals surface area contributed by atoms with Gasteiger partial charge in [0.1, 0.15) is 16.3 Å². The second kappa shape index (κ2) is 5.34. The van der Waals surface area contributed by atoms with Crippen molar-refractivity contribution in [1.29, 1.82) is 0 Å². The first-order chi connectivity index (χ1) is 8.50. The third-order valence-corrected chi connectivity index (χ3v) is 3.21. The van der Waals surface area contributed by atoms with E-state index in [1.807, 2.05) is 0 Å². The summed E-state index contributed by atoms with van der Waals surface area (Å²) in [6.45, 7) is 4.91. The molecule has 1 aromatic carbocycles. The lowest BCUT2D eigenvalue weighted by Crippen LogP contribution is -2.27. The van der Waals surface area contributed by atoms with Gasteiger partial charge in [-0.2, -0.15) is 0 Å². The Balaban J connectivity index is 3.10. The highest BCUT2D eigenvalue weighted by Crippen LogP contribution is 2.27. The van der Waals surface area contributed by atoms with Gasteiger partial charge >= 0.3 is 6.09 Å². The van der Waals surface area contributed by atoms with Gasteiger partial charge < -0.3 is 4.74 Å². The van der Waals surface area contributed by atoms with Crippen LogP contribution in [0.1, 0.15) is 20.8 Å². The number of hydrogen-bond donors (Lipinski definition) is 1. The van der Waals surface area contributed by atoms with E-state index in [-0.39, 0.29) is 5.69 Å². The lowest BCUT2D eigenvalue weighted by Gasteiger charge is -2.20. The van der Waals surface area contributed by atoms with Gasteiger partial charge in [0.2, 0.25) is 0 Å². The molecule has 0 radical (unpaired) electrons. The summed E-state index contributed by atoms with van der Waals surface area (Å²) in [4.78, 5) is 10.7. The highest BCUT2D eigenvalue weighted by atomic mass is 35.7. The van der Waals surface area contributed by atoms with Crippen molar-refractivity contribution in [2.45, 2.75) is 31.3 Å². The van der Waals surface area contributed by atoms with Gasteiger partial charge in [0.25, 0.3) is 9.05 Å². The molecule has 1 N–H and O–H groups in total. The van der Waals surface area contributed by atoms with Crippen molar-refractivity contribution in [2.24, 2.45) is 0 Å². The van der Waals surface area contributed by atoms with Crippen LogP contribution in [-0.4, -0.2) is 20.1 Å². The molecule has 0 aliphatic carbocycles. The SMILES string of the molecule is CC(C)(C)OC(=O)Nc1cccc(F)c1S(=O)(=O)Cl. The molecular formula is C11H13ClFNO4S. The second-order valence-corrected chi connectivity index (χ2v) is 7.18. The molecule has 0 saturated heterocycles. The second-order valence-electron chi connectivity index (χ2n) is 4.68. The number of ether oxygens (including phenoxy) is 1. The van der Waals surface area contributed by atoms with Gasteiger partial charge in [0.05, 0.1) is 5.69 Å². The van der Waals surface area contributed by atoms with Crippen molar-refractivity contribution in [3.63, 3.8) is 0 Å². The van der Waals surface area contributed by atoms with Crippen molar-refractivity contribution in [3.8, 4) is 0 Å². The van der Waals surface area contributed by atoms with E-state index >= 15 is 0 Å². The number of anilines is 1. The van der Waals surface area contributed by atoms with Crippen molar-refractivity contribution in [3.05, 3.63) is 24.0 Å². The summed E-state index contributed by atoms with van der Waals surface area (Å²) in [5.41, 5.74) is -1.04. The molecule has 5 nitrogen and oxygen atoms in total. The molecular weight excluding hydrogens is 297 g/mol.